The summed E-state index contributed by atoms with van der Waals surface area (Å²) in [7, 11) is 0. The van der Waals surface area contributed by atoms with Gasteiger partial charge in [0.25, 0.3) is 0 Å². The molecule has 1 N–H and O–H groups in total. The predicted octanol–water partition coefficient (Wildman–Crippen LogP) is 2.15. The minimum absolute atomic E-state index is 0.819. The number of nitrogens with one attached hydrogen (secondary N) is 1. The van der Waals surface area contributed by atoms with Crippen LogP contribution in [0.3, 0.4) is 0 Å². The third kappa shape index (κ3) is 2.05. The monoisotopic (exact) mass is 290 g/mol. The molecule has 1 aromatic carbocycles. The first kappa shape index (κ1) is 9.08. The topological polar surface area (TPSA) is 32.3 Å². The highest BCUT2D eigenvalue weighted by Crippen LogP contribution is 2.22. The molecule has 0 bridgehead atoms. The van der Waals surface area contributed by atoms with E-state index in [-0.39, 0.29) is 0 Å². The average Bonchev–Trinajstić information content (AvgIpc) is 2.38. The molecule has 1 aliphatic heterocycles. The molecule has 0 saturated heterocycles. The van der Waals surface area contributed by atoms with E-state index in [2.05, 4.69) is 17.4 Å². The van der Waals surface area contributed by atoms with Gasteiger partial charge in [-0.3, -0.25) is 3.07 Å². The molecule has 0 spiro atoms. The number of benzene rings is 1. The molecule has 70 valence electrons. The Kier molecular flexibility index (Phi) is 2.90. The van der Waals surface area contributed by atoms with Gasteiger partial charge in [0.2, 0.25) is 21.5 Å². The molecule has 0 aliphatic carbocycles. The highest BCUT2D eigenvalue weighted by molar-refractivity contribution is 14.1. The Morgan fingerprint density at radius 2 is 2.23 bits per heavy atom. The summed E-state index contributed by atoms with van der Waals surface area (Å²) in [6, 6.07) is 8.20. The fourth-order valence-electron chi connectivity index (χ4n) is 1.47. The van der Waals surface area contributed by atoms with Crippen LogP contribution in [0.4, 0.5) is 5.69 Å². The zero-order valence-electron chi connectivity index (χ0n) is 7.16. The molecule has 1 aliphatic rings. The van der Waals surface area contributed by atoms with Crippen molar-refractivity contribution in [3.63, 3.8) is 0 Å². The maximum absolute atomic E-state index is 10.9. The molecule has 0 atom stereocenters. The van der Waals surface area contributed by atoms with Gasteiger partial charge in [0, 0.05) is 25.3 Å². The molecule has 3 nitrogen and oxygen atoms in total. The van der Waals surface area contributed by atoms with Crippen molar-refractivity contribution in [2.45, 2.75) is 6.54 Å². The largest absolute Gasteiger partial charge is 0.383 e. The zero-order chi connectivity index (χ0) is 9.10. The molecule has 13 heavy (non-hydrogen) atoms. The van der Waals surface area contributed by atoms with Crippen LogP contribution >= 0.6 is 21.5 Å². The van der Waals surface area contributed by atoms with E-state index in [1.807, 2.05) is 15.2 Å². The fraction of sp³-hybridized carbons (Fsp3) is 0.333. The summed E-state index contributed by atoms with van der Waals surface area (Å²) in [4.78, 5) is 0. The number of hydrogen-bond donors (Lipinski definition) is 1. The van der Waals surface area contributed by atoms with Crippen LogP contribution in [0.5, 0.6) is 0 Å². The van der Waals surface area contributed by atoms with Crippen molar-refractivity contribution < 1.29 is 3.07 Å². The third-order valence-corrected chi connectivity index (χ3v) is 3.51. The Labute approximate surface area is 88.1 Å². The molecule has 0 fully saturated rings. The SMILES string of the molecule is O=IN1CCNc2ccccc2C1. The maximum atomic E-state index is 10.9. The first-order valence-corrected chi connectivity index (χ1v) is 6.09. The van der Waals surface area contributed by atoms with E-state index in [0.29, 0.717) is 0 Å². The molecule has 4 heteroatoms. The van der Waals surface area contributed by atoms with E-state index >= 15 is 0 Å². The second-order valence-electron chi connectivity index (χ2n) is 3.00. The summed E-state index contributed by atoms with van der Waals surface area (Å²) in [5.41, 5.74) is 2.43. The van der Waals surface area contributed by atoms with E-state index < -0.39 is 21.5 Å². The van der Waals surface area contributed by atoms with Gasteiger partial charge >= 0.3 is 0 Å². The van der Waals surface area contributed by atoms with Crippen LogP contribution in [-0.4, -0.2) is 16.2 Å². The van der Waals surface area contributed by atoms with Crippen LogP contribution in [0.25, 0.3) is 0 Å². The number of anilines is 1. The molecule has 0 unspecified atom stereocenters. The Morgan fingerprint density at radius 3 is 3.08 bits per heavy atom. The van der Waals surface area contributed by atoms with Gasteiger partial charge in [-0.1, -0.05) is 18.2 Å². The van der Waals surface area contributed by atoms with Crippen molar-refractivity contribution in [1.29, 1.82) is 0 Å². The minimum atomic E-state index is -1.01. The van der Waals surface area contributed by atoms with Crippen LogP contribution < -0.4 is 5.32 Å². The molecule has 2 rings (SSSR count). The smallest absolute Gasteiger partial charge is 0.240 e. The zero-order valence-corrected chi connectivity index (χ0v) is 9.32. The fourth-order valence-corrected chi connectivity index (χ4v) is 2.41. The summed E-state index contributed by atoms with van der Waals surface area (Å²) in [6.45, 7) is 2.59. The average molecular weight is 290 g/mol. The van der Waals surface area contributed by atoms with Crippen molar-refractivity contribution in [3.05, 3.63) is 29.8 Å². The number of hydrogen-bond acceptors (Lipinski definition) is 2. The number of halogens is 1. The predicted molar refractivity (Wildman–Crippen MR) is 60.0 cm³/mol. The van der Waals surface area contributed by atoms with Crippen LogP contribution in [0.2, 0.25) is 0 Å². The third-order valence-electron chi connectivity index (χ3n) is 2.13. The Morgan fingerprint density at radius 1 is 1.38 bits per heavy atom. The van der Waals surface area contributed by atoms with Crippen molar-refractivity contribution in [3.8, 4) is 0 Å². The second kappa shape index (κ2) is 4.15. The van der Waals surface area contributed by atoms with Gasteiger partial charge in [-0.2, -0.15) is 0 Å². The van der Waals surface area contributed by atoms with Gasteiger partial charge in [-0.15, -0.1) is 0 Å². The number of para-hydroxylation sites is 1. The van der Waals surface area contributed by atoms with Crippen LogP contribution in [-0.2, 0) is 9.61 Å². The summed E-state index contributed by atoms with van der Waals surface area (Å²) in [5, 5.41) is 3.33. The lowest BCUT2D eigenvalue weighted by Gasteiger charge is -2.08. The Hall–Kier alpha value is -0.490. The van der Waals surface area contributed by atoms with Gasteiger partial charge in [-0.25, -0.2) is 3.11 Å². The first-order valence-electron chi connectivity index (χ1n) is 4.24. The van der Waals surface area contributed by atoms with Crippen molar-refractivity contribution in [2.75, 3.05) is 18.4 Å². The van der Waals surface area contributed by atoms with Gasteiger partial charge in [0.15, 0.2) is 0 Å². The van der Waals surface area contributed by atoms with Gasteiger partial charge in [0.1, 0.15) is 0 Å². The summed E-state index contributed by atoms with van der Waals surface area (Å²) in [5.74, 6) is 0. The van der Waals surface area contributed by atoms with E-state index in [1.165, 1.54) is 11.3 Å². The molecule has 0 amide bonds. The van der Waals surface area contributed by atoms with E-state index in [4.69, 9.17) is 0 Å². The van der Waals surface area contributed by atoms with Gasteiger partial charge < -0.3 is 5.32 Å². The van der Waals surface area contributed by atoms with E-state index in [1.54, 1.807) is 0 Å². The summed E-state index contributed by atoms with van der Waals surface area (Å²) in [6.07, 6.45) is 0. The van der Waals surface area contributed by atoms with E-state index in [9.17, 15) is 3.07 Å². The summed E-state index contributed by atoms with van der Waals surface area (Å²) < 4.78 is 12.9. The molecule has 0 radical (unpaired) electrons. The van der Waals surface area contributed by atoms with E-state index in [0.717, 1.165) is 19.6 Å². The van der Waals surface area contributed by atoms with Crippen molar-refractivity contribution in [1.82, 2.24) is 3.11 Å². The quantitative estimate of drug-likeness (QED) is 0.635. The maximum Gasteiger partial charge on any atom is 0.240 e. The normalized spacial score (nSPS) is 17.2. The summed E-state index contributed by atoms with van der Waals surface area (Å²) >= 11 is -1.01. The molecule has 1 aromatic rings. The molecular weight excluding hydrogens is 279 g/mol. The Bertz CT molecular complexity index is 316. The van der Waals surface area contributed by atoms with Crippen molar-refractivity contribution >= 4 is 27.2 Å². The molecule has 0 aromatic heterocycles. The van der Waals surface area contributed by atoms with Crippen LogP contribution in [0.1, 0.15) is 5.56 Å². The number of rotatable bonds is 1. The lowest BCUT2D eigenvalue weighted by molar-refractivity contribution is 0.523. The second-order valence-corrected chi connectivity index (χ2v) is 4.76. The van der Waals surface area contributed by atoms with Gasteiger partial charge in [-0.05, 0) is 11.6 Å². The number of fused-ring (bicyclic) bond motifs is 1. The lowest BCUT2D eigenvalue weighted by atomic mass is 10.2. The molecular formula is C9H11IN2O. The molecule has 0 saturated carbocycles. The van der Waals surface area contributed by atoms with Gasteiger partial charge in [0.05, 0.1) is 0 Å². The minimum Gasteiger partial charge on any atom is -0.383 e. The van der Waals surface area contributed by atoms with Crippen LogP contribution in [0, 0.1) is 0 Å². The highest BCUT2D eigenvalue weighted by Gasteiger charge is 2.12. The lowest BCUT2D eigenvalue weighted by Crippen LogP contribution is -2.15. The Balaban J connectivity index is 2.28. The van der Waals surface area contributed by atoms with Crippen LogP contribution in [0.15, 0.2) is 24.3 Å². The standard InChI is InChI=1S/C9H11IN2O/c13-10-12-6-5-11-9-4-2-1-3-8(9)7-12/h1-4,11H,5-7H2. The number of nitrogens with zero attached hydrogens (tertiary/aromatic N) is 1. The first-order chi connectivity index (χ1) is 6.40. The highest BCUT2D eigenvalue weighted by atomic mass is 127. The molecule has 1 heterocycles. The van der Waals surface area contributed by atoms with Crippen molar-refractivity contribution in [2.24, 2.45) is 0 Å².